The third-order valence-electron chi connectivity index (χ3n) is 7.02. The van der Waals surface area contributed by atoms with E-state index in [9.17, 15) is 13.6 Å². The minimum atomic E-state index is -2.69. The molecule has 2 fully saturated rings. The van der Waals surface area contributed by atoms with E-state index in [1.165, 1.54) is 47.7 Å². The Morgan fingerprint density at radius 2 is 1.91 bits per heavy atom. The summed E-state index contributed by atoms with van der Waals surface area (Å²) < 4.78 is 26.8. The molecule has 1 saturated heterocycles. The van der Waals surface area contributed by atoms with Crippen molar-refractivity contribution in [3.05, 3.63) is 53.0 Å². The van der Waals surface area contributed by atoms with Crippen LogP contribution in [0.4, 0.5) is 14.6 Å². The van der Waals surface area contributed by atoms with Gasteiger partial charge in [-0.15, -0.1) is 0 Å². The molecular formula is C24H29F2N5O. The number of nitrogens with one attached hydrogen (secondary N) is 1. The van der Waals surface area contributed by atoms with Crippen LogP contribution >= 0.6 is 0 Å². The van der Waals surface area contributed by atoms with Crippen molar-refractivity contribution in [1.29, 1.82) is 0 Å². The molecule has 170 valence electrons. The van der Waals surface area contributed by atoms with Gasteiger partial charge in [0.05, 0.1) is 18.9 Å². The topological polar surface area (TPSA) is 61.4 Å². The molecule has 1 N–H and O–H groups in total. The number of benzene rings is 1. The Bertz CT molecular complexity index is 977. The van der Waals surface area contributed by atoms with E-state index in [-0.39, 0.29) is 31.1 Å². The van der Waals surface area contributed by atoms with E-state index in [0.717, 1.165) is 37.5 Å². The average Bonchev–Trinajstić information content (AvgIpc) is 3.00. The first-order chi connectivity index (χ1) is 15.5. The third-order valence-corrected chi connectivity index (χ3v) is 7.02. The largest absolute Gasteiger partial charge is 0.349 e. The number of amides is 1. The molecule has 0 atom stereocenters. The Morgan fingerprint density at radius 1 is 1.09 bits per heavy atom. The van der Waals surface area contributed by atoms with Crippen molar-refractivity contribution >= 4 is 11.7 Å². The Balaban J connectivity index is 1.16. The summed E-state index contributed by atoms with van der Waals surface area (Å²) in [6.07, 6.45) is 8.73. The molecule has 2 aliphatic heterocycles. The van der Waals surface area contributed by atoms with Gasteiger partial charge in [-0.1, -0.05) is 24.6 Å². The zero-order valence-electron chi connectivity index (χ0n) is 18.2. The van der Waals surface area contributed by atoms with Crippen LogP contribution in [0, 0.1) is 0 Å². The number of halogens is 2. The maximum absolute atomic E-state index is 13.4. The molecule has 1 saturated carbocycles. The molecule has 3 aliphatic rings. The second-order valence-electron chi connectivity index (χ2n) is 9.19. The molecule has 6 nitrogen and oxygen atoms in total. The maximum Gasteiger partial charge on any atom is 0.271 e. The van der Waals surface area contributed by atoms with Crippen LogP contribution in [0.5, 0.6) is 0 Å². The lowest BCUT2D eigenvalue weighted by Crippen LogP contribution is -2.41. The van der Waals surface area contributed by atoms with Crippen LogP contribution in [0.1, 0.15) is 52.9 Å². The predicted octanol–water partition coefficient (Wildman–Crippen LogP) is 3.21. The fraction of sp³-hybridized carbons (Fsp3) is 0.542. The first-order valence-corrected chi connectivity index (χ1v) is 11.5. The van der Waals surface area contributed by atoms with Gasteiger partial charge in [-0.05, 0) is 42.4 Å². The Morgan fingerprint density at radius 3 is 2.56 bits per heavy atom. The number of hydrogen-bond acceptors (Lipinski definition) is 5. The molecule has 5 rings (SSSR count). The quantitative estimate of drug-likeness (QED) is 0.772. The summed E-state index contributed by atoms with van der Waals surface area (Å²) in [4.78, 5) is 24.9. The standard InChI is InChI=1S/C24H29F2N5O/c25-24(26)8-11-31(16-24)22-15-27-21(14-28-22)23(32)29-13-17-4-5-18-6-9-30(20-2-1-3-20)10-7-19(18)12-17/h4-5,12,14-15,20H,1-3,6-11,13,16H2,(H,29,32). The summed E-state index contributed by atoms with van der Waals surface area (Å²) in [6.45, 7) is 2.55. The number of nitrogens with zero attached hydrogens (tertiary/aromatic N) is 4. The van der Waals surface area contributed by atoms with Gasteiger partial charge >= 0.3 is 0 Å². The number of rotatable bonds is 5. The van der Waals surface area contributed by atoms with Crippen LogP contribution in [-0.4, -0.2) is 58.9 Å². The lowest BCUT2D eigenvalue weighted by Gasteiger charge is -2.36. The van der Waals surface area contributed by atoms with Crippen molar-refractivity contribution < 1.29 is 13.6 Å². The number of hydrogen-bond donors (Lipinski definition) is 1. The number of carbonyl (C=O) groups is 1. The van der Waals surface area contributed by atoms with Crippen molar-refractivity contribution in [2.45, 2.75) is 57.0 Å². The van der Waals surface area contributed by atoms with Gasteiger partial charge in [0.15, 0.2) is 0 Å². The molecule has 1 aromatic heterocycles. The average molecular weight is 442 g/mol. The number of aromatic nitrogens is 2. The predicted molar refractivity (Wildman–Crippen MR) is 118 cm³/mol. The molecule has 1 aliphatic carbocycles. The van der Waals surface area contributed by atoms with E-state index in [1.54, 1.807) is 0 Å². The van der Waals surface area contributed by atoms with Crippen LogP contribution in [0.25, 0.3) is 0 Å². The summed E-state index contributed by atoms with van der Waals surface area (Å²) in [7, 11) is 0. The highest BCUT2D eigenvalue weighted by Crippen LogP contribution is 2.30. The van der Waals surface area contributed by atoms with E-state index in [2.05, 4.69) is 38.4 Å². The zero-order valence-corrected chi connectivity index (χ0v) is 18.2. The Hall–Kier alpha value is -2.61. The smallest absolute Gasteiger partial charge is 0.271 e. The van der Waals surface area contributed by atoms with Gasteiger partial charge in [0, 0.05) is 38.6 Å². The molecule has 0 radical (unpaired) electrons. The molecule has 0 unspecified atom stereocenters. The second kappa shape index (κ2) is 8.73. The molecular weight excluding hydrogens is 412 g/mol. The molecule has 3 heterocycles. The van der Waals surface area contributed by atoms with E-state index in [4.69, 9.17) is 0 Å². The molecule has 1 aromatic carbocycles. The summed E-state index contributed by atoms with van der Waals surface area (Å²) in [6, 6.07) is 7.27. The molecule has 32 heavy (non-hydrogen) atoms. The fourth-order valence-corrected chi connectivity index (χ4v) is 4.83. The van der Waals surface area contributed by atoms with Gasteiger partial charge in [-0.2, -0.15) is 0 Å². The normalized spacial score (nSPS) is 21.0. The van der Waals surface area contributed by atoms with Crippen molar-refractivity contribution in [2.24, 2.45) is 0 Å². The zero-order chi connectivity index (χ0) is 22.1. The van der Waals surface area contributed by atoms with Crippen LogP contribution in [0.2, 0.25) is 0 Å². The molecule has 8 heteroatoms. The monoisotopic (exact) mass is 441 g/mol. The summed E-state index contributed by atoms with van der Waals surface area (Å²) in [5.74, 6) is -2.64. The van der Waals surface area contributed by atoms with E-state index >= 15 is 0 Å². The molecule has 0 bridgehead atoms. The van der Waals surface area contributed by atoms with Gasteiger partial charge in [-0.25, -0.2) is 18.7 Å². The highest BCUT2D eigenvalue weighted by Gasteiger charge is 2.38. The molecule has 0 spiro atoms. The Kier molecular flexibility index (Phi) is 5.80. The first-order valence-electron chi connectivity index (χ1n) is 11.5. The van der Waals surface area contributed by atoms with Gasteiger partial charge < -0.3 is 10.2 Å². The van der Waals surface area contributed by atoms with E-state index < -0.39 is 5.92 Å². The second-order valence-corrected chi connectivity index (χ2v) is 9.19. The molecule has 2 aromatic rings. The minimum absolute atomic E-state index is 0.184. The van der Waals surface area contributed by atoms with Crippen molar-refractivity contribution in [3.63, 3.8) is 0 Å². The number of fused-ring (bicyclic) bond motifs is 1. The third kappa shape index (κ3) is 4.60. The number of carbonyl (C=O) groups excluding carboxylic acids is 1. The Labute approximate surface area is 187 Å². The SMILES string of the molecule is O=C(NCc1ccc2c(c1)CCN(C1CCC1)CC2)c1cnc(N2CCC(F)(F)C2)cn1. The van der Waals surface area contributed by atoms with Crippen molar-refractivity contribution in [3.8, 4) is 0 Å². The number of alkyl halides is 2. The highest BCUT2D eigenvalue weighted by atomic mass is 19.3. The minimum Gasteiger partial charge on any atom is -0.349 e. The van der Waals surface area contributed by atoms with Gasteiger partial charge in [0.2, 0.25) is 0 Å². The fourth-order valence-electron chi connectivity index (χ4n) is 4.83. The van der Waals surface area contributed by atoms with Crippen LogP contribution in [0.15, 0.2) is 30.6 Å². The number of anilines is 1. The maximum atomic E-state index is 13.4. The van der Waals surface area contributed by atoms with Crippen LogP contribution < -0.4 is 10.2 Å². The van der Waals surface area contributed by atoms with Crippen molar-refractivity contribution in [2.75, 3.05) is 31.1 Å². The summed E-state index contributed by atoms with van der Waals surface area (Å²) in [5, 5.41) is 2.90. The van der Waals surface area contributed by atoms with E-state index in [1.807, 2.05) is 0 Å². The van der Waals surface area contributed by atoms with Crippen LogP contribution in [0.3, 0.4) is 0 Å². The lowest BCUT2D eigenvalue weighted by molar-refractivity contribution is 0.0256. The summed E-state index contributed by atoms with van der Waals surface area (Å²) >= 11 is 0. The first kappa shape index (κ1) is 21.2. The van der Waals surface area contributed by atoms with E-state index in [0.29, 0.717) is 12.4 Å². The summed E-state index contributed by atoms with van der Waals surface area (Å²) in [5.41, 5.74) is 4.05. The lowest BCUT2D eigenvalue weighted by atomic mass is 9.91. The van der Waals surface area contributed by atoms with Gasteiger partial charge in [0.1, 0.15) is 11.5 Å². The van der Waals surface area contributed by atoms with Gasteiger partial charge in [-0.3, -0.25) is 9.69 Å². The van der Waals surface area contributed by atoms with Gasteiger partial charge in [0.25, 0.3) is 11.8 Å². The van der Waals surface area contributed by atoms with Crippen molar-refractivity contribution in [1.82, 2.24) is 20.2 Å². The highest BCUT2D eigenvalue weighted by molar-refractivity contribution is 5.92. The molecule has 1 amide bonds. The van der Waals surface area contributed by atoms with Crippen LogP contribution in [-0.2, 0) is 19.4 Å².